The van der Waals surface area contributed by atoms with Gasteiger partial charge in [-0.05, 0) is 36.2 Å². The van der Waals surface area contributed by atoms with Gasteiger partial charge in [0.05, 0.1) is 9.82 Å². The third kappa shape index (κ3) is 4.67. The van der Waals surface area contributed by atoms with Crippen LogP contribution in [0.15, 0.2) is 47.4 Å². The van der Waals surface area contributed by atoms with Crippen LogP contribution in [0.4, 0.5) is 11.4 Å². The summed E-state index contributed by atoms with van der Waals surface area (Å²) in [6, 6.07) is 11.2. The van der Waals surface area contributed by atoms with Crippen molar-refractivity contribution in [3.63, 3.8) is 0 Å². The number of nitrogens with zero attached hydrogens (tertiary/aromatic N) is 1. The number of anilines is 1. The van der Waals surface area contributed by atoms with E-state index in [1.165, 1.54) is 12.1 Å². The second-order valence-corrected chi connectivity index (χ2v) is 7.46. The lowest BCUT2D eigenvalue weighted by molar-refractivity contribution is -0.384. The third-order valence-electron chi connectivity index (χ3n) is 3.24. The number of hydrogen-bond acceptors (Lipinski definition) is 5. The Morgan fingerprint density at radius 2 is 1.83 bits per heavy atom. The largest absolute Gasteiger partial charge is 0.379 e. The monoisotopic (exact) mass is 354 g/mol. The van der Waals surface area contributed by atoms with Crippen LogP contribution in [0.1, 0.15) is 5.56 Å². The molecule has 2 rings (SSSR count). The molecule has 0 aliphatic heterocycles. The van der Waals surface area contributed by atoms with Gasteiger partial charge in [-0.25, -0.2) is 8.42 Å². The number of nitro groups is 1. The lowest BCUT2D eigenvalue weighted by Gasteiger charge is -2.08. The molecule has 0 heterocycles. The first-order valence-corrected chi connectivity index (χ1v) is 9.01. The third-order valence-corrected chi connectivity index (χ3v) is 4.60. The van der Waals surface area contributed by atoms with Gasteiger partial charge in [0, 0.05) is 23.9 Å². The molecule has 1 N–H and O–H groups in total. The van der Waals surface area contributed by atoms with E-state index in [1.54, 1.807) is 12.1 Å². The Morgan fingerprint density at radius 1 is 1.17 bits per heavy atom. The molecule has 23 heavy (non-hydrogen) atoms. The molecule has 6 nitrogen and oxygen atoms in total. The predicted octanol–water partition coefficient (Wildman–Crippen LogP) is 3.31. The van der Waals surface area contributed by atoms with Gasteiger partial charge in [-0.3, -0.25) is 10.1 Å². The average Bonchev–Trinajstić information content (AvgIpc) is 2.48. The minimum Gasteiger partial charge on any atom is -0.379 e. The summed E-state index contributed by atoms with van der Waals surface area (Å²) in [7, 11) is -3.49. The summed E-state index contributed by atoms with van der Waals surface area (Å²) in [4.78, 5) is 10.5. The van der Waals surface area contributed by atoms with Crippen molar-refractivity contribution in [2.24, 2.45) is 0 Å². The molecule has 0 saturated carbocycles. The van der Waals surface area contributed by atoms with E-state index in [0.717, 1.165) is 17.9 Å². The number of sulfone groups is 1. The van der Waals surface area contributed by atoms with Crippen molar-refractivity contribution in [1.82, 2.24) is 0 Å². The molecule has 0 amide bonds. The summed E-state index contributed by atoms with van der Waals surface area (Å²) in [5.41, 5.74) is 1.07. The van der Waals surface area contributed by atoms with E-state index in [2.05, 4.69) is 5.32 Å². The highest BCUT2D eigenvalue weighted by Gasteiger charge is 2.18. The van der Waals surface area contributed by atoms with Gasteiger partial charge in [-0.15, -0.1) is 0 Å². The molecule has 122 valence electrons. The molecule has 0 atom stereocenters. The highest BCUT2D eigenvalue weighted by molar-refractivity contribution is 7.90. The predicted molar refractivity (Wildman–Crippen MR) is 89.9 cm³/mol. The van der Waals surface area contributed by atoms with E-state index in [4.69, 9.17) is 11.6 Å². The molecule has 0 aliphatic rings. The molecule has 0 fully saturated rings. The van der Waals surface area contributed by atoms with Crippen LogP contribution < -0.4 is 5.32 Å². The van der Waals surface area contributed by atoms with Crippen LogP contribution in [0.2, 0.25) is 5.02 Å². The van der Waals surface area contributed by atoms with Gasteiger partial charge in [-0.1, -0.05) is 23.7 Å². The molecule has 0 aromatic heterocycles. The molecule has 0 spiro atoms. The molecule has 2 aromatic carbocycles. The maximum absolute atomic E-state index is 11.5. The Labute approximate surface area is 139 Å². The molecular weight excluding hydrogens is 340 g/mol. The fourth-order valence-electron chi connectivity index (χ4n) is 2.04. The van der Waals surface area contributed by atoms with Gasteiger partial charge in [0.25, 0.3) is 5.69 Å². The van der Waals surface area contributed by atoms with E-state index >= 15 is 0 Å². The smallest absolute Gasteiger partial charge is 0.293 e. The van der Waals surface area contributed by atoms with Crippen LogP contribution in [0.3, 0.4) is 0 Å². The van der Waals surface area contributed by atoms with E-state index < -0.39 is 14.8 Å². The summed E-state index contributed by atoms with van der Waals surface area (Å²) < 4.78 is 23.0. The summed E-state index contributed by atoms with van der Waals surface area (Å²) in [5.74, 6) is 0. The summed E-state index contributed by atoms with van der Waals surface area (Å²) in [5, 5.41) is 14.7. The lowest BCUT2D eigenvalue weighted by atomic mass is 10.1. The molecule has 0 unspecified atom stereocenters. The maximum Gasteiger partial charge on any atom is 0.293 e. The molecule has 8 heteroatoms. The van der Waals surface area contributed by atoms with Crippen molar-refractivity contribution in [1.29, 1.82) is 0 Å². The minimum atomic E-state index is -3.49. The SMILES string of the molecule is CS(=O)(=O)c1ccc(NCCc2ccc(Cl)cc2)c([N+](=O)[O-])c1. The van der Waals surface area contributed by atoms with Crippen molar-refractivity contribution in [2.75, 3.05) is 18.1 Å². The second kappa shape index (κ2) is 6.97. The molecule has 2 aromatic rings. The van der Waals surface area contributed by atoms with Gasteiger partial charge in [0.1, 0.15) is 5.69 Å². The normalized spacial score (nSPS) is 11.2. The zero-order chi connectivity index (χ0) is 17.0. The fraction of sp³-hybridized carbons (Fsp3) is 0.200. The van der Waals surface area contributed by atoms with Crippen LogP contribution in [0, 0.1) is 10.1 Å². The molecule has 0 saturated heterocycles. The Morgan fingerprint density at radius 3 is 2.39 bits per heavy atom. The first-order valence-electron chi connectivity index (χ1n) is 6.74. The van der Waals surface area contributed by atoms with Crippen LogP contribution in [-0.2, 0) is 16.3 Å². The Bertz CT molecular complexity index is 820. The number of nitrogens with one attached hydrogen (secondary N) is 1. The van der Waals surface area contributed by atoms with Crippen molar-refractivity contribution in [3.8, 4) is 0 Å². The average molecular weight is 355 g/mol. The van der Waals surface area contributed by atoms with E-state index in [-0.39, 0.29) is 16.3 Å². The first kappa shape index (κ1) is 17.2. The minimum absolute atomic E-state index is 0.0764. The summed E-state index contributed by atoms with van der Waals surface area (Å²) in [6.45, 7) is 0.473. The van der Waals surface area contributed by atoms with Gasteiger partial charge >= 0.3 is 0 Å². The van der Waals surface area contributed by atoms with E-state index in [1.807, 2.05) is 12.1 Å². The van der Waals surface area contributed by atoms with Crippen LogP contribution >= 0.6 is 11.6 Å². The highest BCUT2D eigenvalue weighted by atomic mass is 35.5. The van der Waals surface area contributed by atoms with Gasteiger partial charge < -0.3 is 5.32 Å². The Balaban J connectivity index is 2.13. The standard InChI is InChI=1S/C15H15ClN2O4S/c1-23(21,22)13-6-7-14(15(10-13)18(19)20)17-9-8-11-2-4-12(16)5-3-11/h2-7,10,17H,8-9H2,1H3. The maximum atomic E-state index is 11.5. The Hall–Kier alpha value is -2.12. The number of rotatable bonds is 6. The number of hydrogen-bond donors (Lipinski definition) is 1. The summed E-state index contributed by atoms with van der Waals surface area (Å²) >= 11 is 5.81. The van der Waals surface area contributed by atoms with Gasteiger partial charge in [0.15, 0.2) is 9.84 Å². The number of benzene rings is 2. The van der Waals surface area contributed by atoms with E-state index in [0.29, 0.717) is 18.0 Å². The van der Waals surface area contributed by atoms with Gasteiger partial charge in [-0.2, -0.15) is 0 Å². The quantitative estimate of drug-likeness (QED) is 0.635. The zero-order valence-corrected chi connectivity index (χ0v) is 13.9. The lowest BCUT2D eigenvalue weighted by Crippen LogP contribution is -2.08. The fourth-order valence-corrected chi connectivity index (χ4v) is 2.80. The molecule has 0 aliphatic carbocycles. The number of nitro benzene ring substituents is 1. The second-order valence-electron chi connectivity index (χ2n) is 5.01. The van der Waals surface area contributed by atoms with Gasteiger partial charge in [0.2, 0.25) is 0 Å². The van der Waals surface area contributed by atoms with Crippen molar-refractivity contribution in [2.45, 2.75) is 11.3 Å². The van der Waals surface area contributed by atoms with Crippen molar-refractivity contribution < 1.29 is 13.3 Å². The van der Waals surface area contributed by atoms with Crippen LogP contribution in [-0.4, -0.2) is 26.1 Å². The Kier molecular flexibility index (Phi) is 5.23. The highest BCUT2D eigenvalue weighted by Crippen LogP contribution is 2.27. The topological polar surface area (TPSA) is 89.3 Å². The van der Waals surface area contributed by atoms with Crippen molar-refractivity contribution in [3.05, 3.63) is 63.2 Å². The molecular formula is C15H15ClN2O4S. The van der Waals surface area contributed by atoms with Crippen molar-refractivity contribution >= 4 is 32.8 Å². The van der Waals surface area contributed by atoms with E-state index in [9.17, 15) is 18.5 Å². The molecule has 0 bridgehead atoms. The molecule has 0 radical (unpaired) electrons. The van der Waals surface area contributed by atoms with Crippen LogP contribution in [0.5, 0.6) is 0 Å². The summed E-state index contributed by atoms with van der Waals surface area (Å²) in [6.07, 6.45) is 1.67. The zero-order valence-electron chi connectivity index (χ0n) is 12.3. The first-order chi connectivity index (χ1) is 10.8. The number of halogens is 1. The van der Waals surface area contributed by atoms with Crippen LogP contribution in [0.25, 0.3) is 0 Å².